The zero-order chi connectivity index (χ0) is 28.7. The Balaban J connectivity index is 1.30. The molecule has 0 radical (unpaired) electrons. The minimum Gasteiger partial charge on any atom is -0.456 e. The molecule has 3 heterocycles. The van der Waals surface area contributed by atoms with Crippen molar-refractivity contribution in [1.82, 2.24) is 4.57 Å². The minimum atomic E-state index is 0.641. The summed E-state index contributed by atoms with van der Waals surface area (Å²) in [5.74, 6) is 0. The molecule has 9 aromatic rings. The van der Waals surface area contributed by atoms with E-state index in [4.69, 9.17) is 4.42 Å². The van der Waals surface area contributed by atoms with Crippen molar-refractivity contribution in [2.45, 2.75) is 0 Å². The van der Waals surface area contributed by atoms with Gasteiger partial charge in [-0.25, -0.2) is 0 Å². The topological polar surface area (TPSA) is 65.7 Å². The summed E-state index contributed by atoms with van der Waals surface area (Å²) in [6.07, 6.45) is 0. The van der Waals surface area contributed by atoms with E-state index in [1.54, 1.807) is 11.3 Å². The number of benzene rings is 6. The summed E-state index contributed by atoms with van der Waals surface area (Å²) in [6, 6.07) is 43.9. The van der Waals surface area contributed by atoms with E-state index in [0.29, 0.717) is 11.1 Å². The van der Waals surface area contributed by atoms with Crippen LogP contribution in [0.3, 0.4) is 0 Å². The number of furan rings is 1. The van der Waals surface area contributed by atoms with Gasteiger partial charge < -0.3 is 8.98 Å². The van der Waals surface area contributed by atoms with Crippen molar-refractivity contribution in [2.75, 3.05) is 0 Å². The number of aromatic nitrogens is 1. The molecular weight excluding hydrogens is 547 g/mol. The summed E-state index contributed by atoms with van der Waals surface area (Å²) in [5, 5.41) is 26.4. The van der Waals surface area contributed by atoms with Crippen LogP contribution in [0, 0.1) is 22.7 Å². The van der Waals surface area contributed by atoms with Gasteiger partial charge in [0, 0.05) is 32.3 Å². The molecule has 43 heavy (non-hydrogen) atoms. The fourth-order valence-electron chi connectivity index (χ4n) is 6.52. The van der Waals surface area contributed by atoms with E-state index in [0.717, 1.165) is 80.7 Å². The molecule has 6 aromatic carbocycles. The molecule has 198 valence electrons. The van der Waals surface area contributed by atoms with Crippen molar-refractivity contribution in [3.05, 3.63) is 126 Å². The highest BCUT2D eigenvalue weighted by Gasteiger charge is 2.19. The highest BCUT2D eigenvalue weighted by atomic mass is 32.1. The van der Waals surface area contributed by atoms with Crippen molar-refractivity contribution in [3.8, 4) is 29.0 Å². The first-order valence-electron chi connectivity index (χ1n) is 14.0. The second kappa shape index (κ2) is 8.81. The maximum absolute atomic E-state index is 10.3. The van der Waals surface area contributed by atoms with Crippen LogP contribution in [0.5, 0.6) is 0 Å². The molecule has 0 N–H and O–H groups in total. The minimum absolute atomic E-state index is 0.641. The second-order valence-corrected chi connectivity index (χ2v) is 11.8. The number of hydrogen-bond acceptors (Lipinski definition) is 4. The number of nitriles is 2. The van der Waals surface area contributed by atoms with Crippen LogP contribution in [0.1, 0.15) is 11.1 Å². The molecule has 0 aliphatic heterocycles. The van der Waals surface area contributed by atoms with Crippen LogP contribution in [-0.4, -0.2) is 4.57 Å². The van der Waals surface area contributed by atoms with Crippen molar-refractivity contribution in [2.24, 2.45) is 0 Å². The van der Waals surface area contributed by atoms with Gasteiger partial charge in [-0.05, 0) is 71.8 Å². The number of thiophene rings is 1. The molecular formula is C38H19N3OS. The summed E-state index contributed by atoms with van der Waals surface area (Å²) in [4.78, 5) is 0. The Hall–Kier alpha value is -5.88. The molecule has 0 aliphatic carbocycles. The van der Waals surface area contributed by atoms with Gasteiger partial charge in [-0.2, -0.15) is 10.5 Å². The average molecular weight is 566 g/mol. The number of nitrogens with zero attached hydrogens (tertiary/aromatic N) is 3. The SMILES string of the molecule is N#Cc1ccc2c(c1)c1ccccc1n2-c1cccc2c1sc1c(C#N)cc(-c3ccc4c(c3)oc3ccccc34)cc12. The fraction of sp³-hybridized carbons (Fsp3) is 0. The van der Waals surface area contributed by atoms with Gasteiger partial charge in [-0.1, -0.05) is 54.6 Å². The molecule has 3 aromatic heterocycles. The molecule has 0 unspecified atom stereocenters. The lowest BCUT2D eigenvalue weighted by molar-refractivity contribution is 0.669. The normalized spacial score (nSPS) is 11.7. The lowest BCUT2D eigenvalue weighted by atomic mass is 9.98. The summed E-state index contributed by atoms with van der Waals surface area (Å²) in [5.41, 5.74) is 8.18. The van der Waals surface area contributed by atoms with Gasteiger partial charge in [0.05, 0.1) is 43.3 Å². The van der Waals surface area contributed by atoms with Crippen molar-refractivity contribution in [3.63, 3.8) is 0 Å². The quantitative estimate of drug-likeness (QED) is 0.209. The van der Waals surface area contributed by atoms with E-state index in [-0.39, 0.29) is 0 Å². The van der Waals surface area contributed by atoms with Crippen LogP contribution in [-0.2, 0) is 0 Å². The third kappa shape index (κ3) is 3.35. The molecule has 0 saturated heterocycles. The van der Waals surface area contributed by atoms with Gasteiger partial charge in [-0.3, -0.25) is 0 Å². The first-order valence-corrected chi connectivity index (χ1v) is 14.8. The maximum atomic E-state index is 10.3. The van der Waals surface area contributed by atoms with Gasteiger partial charge in [0.2, 0.25) is 0 Å². The Bertz CT molecular complexity index is 2710. The molecule has 0 bridgehead atoms. The van der Waals surface area contributed by atoms with Crippen LogP contribution < -0.4 is 0 Å². The third-order valence-corrected chi connectivity index (χ3v) is 9.73. The Kier molecular flexibility index (Phi) is 4.87. The molecule has 0 atom stereocenters. The van der Waals surface area contributed by atoms with Crippen molar-refractivity contribution in [1.29, 1.82) is 10.5 Å². The first-order chi connectivity index (χ1) is 21.2. The maximum Gasteiger partial charge on any atom is 0.136 e. The zero-order valence-corrected chi connectivity index (χ0v) is 23.4. The largest absolute Gasteiger partial charge is 0.456 e. The summed E-state index contributed by atoms with van der Waals surface area (Å²) < 4.78 is 10.6. The second-order valence-electron chi connectivity index (χ2n) is 10.8. The van der Waals surface area contributed by atoms with E-state index < -0.39 is 0 Å². The van der Waals surface area contributed by atoms with Crippen LogP contribution in [0.25, 0.3) is 80.7 Å². The highest BCUT2D eigenvalue weighted by Crippen LogP contribution is 2.44. The predicted octanol–water partition coefficient (Wildman–Crippen LogP) is 10.5. The van der Waals surface area contributed by atoms with E-state index >= 15 is 0 Å². The smallest absolute Gasteiger partial charge is 0.136 e. The standard InChI is InChI=1S/C38H19N3OS/c39-20-22-12-15-33-30(16-22)26-6-1-3-9-32(26)41(33)34-10-5-8-29-31-18-24(17-25(21-40)37(31)43-38(29)34)23-13-14-28-27-7-2-4-11-35(27)42-36(28)19-23/h1-19H. The van der Waals surface area contributed by atoms with Crippen LogP contribution >= 0.6 is 11.3 Å². The number of hydrogen-bond donors (Lipinski definition) is 0. The summed E-state index contributed by atoms with van der Waals surface area (Å²) in [6.45, 7) is 0. The first kappa shape index (κ1) is 23.8. The summed E-state index contributed by atoms with van der Waals surface area (Å²) in [7, 11) is 0. The lowest BCUT2D eigenvalue weighted by Crippen LogP contribution is -1.93. The van der Waals surface area contributed by atoms with Gasteiger partial charge in [0.1, 0.15) is 17.2 Å². The average Bonchev–Trinajstić information content (AvgIpc) is 3.73. The van der Waals surface area contributed by atoms with Gasteiger partial charge >= 0.3 is 0 Å². The highest BCUT2D eigenvalue weighted by molar-refractivity contribution is 7.26. The van der Waals surface area contributed by atoms with Crippen molar-refractivity contribution >= 4 is 75.3 Å². The molecule has 9 rings (SSSR count). The Morgan fingerprint density at radius 2 is 1.33 bits per heavy atom. The van der Waals surface area contributed by atoms with Crippen LogP contribution in [0.2, 0.25) is 0 Å². The number of fused-ring (bicyclic) bond motifs is 9. The Morgan fingerprint density at radius 1 is 0.535 bits per heavy atom. The lowest BCUT2D eigenvalue weighted by Gasteiger charge is -2.09. The van der Waals surface area contributed by atoms with Crippen molar-refractivity contribution < 1.29 is 4.42 Å². The third-order valence-electron chi connectivity index (χ3n) is 8.45. The molecule has 0 amide bonds. The fourth-order valence-corrected chi connectivity index (χ4v) is 7.77. The molecule has 0 fully saturated rings. The van der Waals surface area contributed by atoms with E-state index in [2.05, 4.69) is 77.4 Å². The molecule has 0 spiro atoms. The molecule has 0 aliphatic rings. The predicted molar refractivity (Wildman–Crippen MR) is 176 cm³/mol. The monoisotopic (exact) mass is 565 g/mol. The van der Waals surface area contributed by atoms with E-state index in [1.807, 2.05) is 54.6 Å². The number of rotatable bonds is 2. The molecule has 0 saturated carbocycles. The number of para-hydroxylation sites is 2. The van der Waals surface area contributed by atoms with E-state index in [1.165, 1.54) is 0 Å². The zero-order valence-electron chi connectivity index (χ0n) is 22.6. The van der Waals surface area contributed by atoms with Crippen LogP contribution in [0.15, 0.2) is 120 Å². The Morgan fingerprint density at radius 3 is 2.21 bits per heavy atom. The van der Waals surface area contributed by atoms with Crippen LogP contribution in [0.4, 0.5) is 0 Å². The Labute approximate surface area is 249 Å². The van der Waals surface area contributed by atoms with E-state index in [9.17, 15) is 10.5 Å². The van der Waals surface area contributed by atoms with Gasteiger partial charge in [0.25, 0.3) is 0 Å². The van der Waals surface area contributed by atoms with Gasteiger partial charge in [-0.15, -0.1) is 11.3 Å². The summed E-state index contributed by atoms with van der Waals surface area (Å²) >= 11 is 1.66. The van der Waals surface area contributed by atoms with Gasteiger partial charge in [0.15, 0.2) is 0 Å². The molecule has 5 heteroatoms. The molecule has 4 nitrogen and oxygen atoms in total.